The molecule has 0 aliphatic heterocycles. The molecule has 0 rings (SSSR count). The fourth-order valence-electron chi connectivity index (χ4n) is 1.27. The van der Waals surface area contributed by atoms with E-state index in [0.29, 0.717) is 6.04 Å². The Hall–Kier alpha value is -0.560. The molecule has 0 spiro atoms. The highest BCUT2D eigenvalue weighted by Crippen LogP contribution is 2.04. The van der Waals surface area contributed by atoms with Gasteiger partial charge in [0.05, 0.1) is 0 Å². The molecule has 1 heteroatoms. The van der Waals surface area contributed by atoms with Crippen molar-refractivity contribution in [2.24, 2.45) is 0 Å². The standard InChI is InChI=1S/C12H23N.C2H6/c1-5-7-8-9-10-11-12(6-2)13(3)4;1-2/h7-10,12H,5-6,11H2,1-4H3;1-2H3/b8-7-,10-9-;. The van der Waals surface area contributed by atoms with Gasteiger partial charge < -0.3 is 4.90 Å². The summed E-state index contributed by atoms with van der Waals surface area (Å²) < 4.78 is 0. The Kier molecular flexibility index (Phi) is 15.1. The monoisotopic (exact) mass is 211 g/mol. The molecule has 1 atom stereocenters. The molecule has 0 aliphatic rings. The minimum absolute atomic E-state index is 0.686. The van der Waals surface area contributed by atoms with Crippen molar-refractivity contribution in [1.29, 1.82) is 0 Å². The lowest BCUT2D eigenvalue weighted by molar-refractivity contribution is 0.288. The van der Waals surface area contributed by atoms with Crippen LogP contribution in [0.25, 0.3) is 0 Å². The lowest BCUT2D eigenvalue weighted by Gasteiger charge is -2.20. The molecule has 90 valence electrons. The highest BCUT2D eigenvalue weighted by molar-refractivity contribution is 5.02. The Morgan fingerprint density at radius 2 is 1.53 bits per heavy atom. The summed E-state index contributed by atoms with van der Waals surface area (Å²) in [5.41, 5.74) is 0. The summed E-state index contributed by atoms with van der Waals surface area (Å²) in [6.07, 6.45) is 12.2. The van der Waals surface area contributed by atoms with E-state index >= 15 is 0 Å². The van der Waals surface area contributed by atoms with Gasteiger partial charge in [0.1, 0.15) is 0 Å². The van der Waals surface area contributed by atoms with Gasteiger partial charge in [-0.25, -0.2) is 0 Å². The van der Waals surface area contributed by atoms with Gasteiger partial charge >= 0.3 is 0 Å². The molecule has 0 aromatic carbocycles. The molecule has 0 aliphatic carbocycles. The van der Waals surface area contributed by atoms with Crippen LogP contribution in [0.5, 0.6) is 0 Å². The Morgan fingerprint density at radius 1 is 1.00 bits per heavy atom. The molecule has 0 saturated heterocycles. The van der Waals surface area contributed by atoms with Crippen LogP contribution in [0, 0.1) is 0 Å². The van der Waals surface area contributed by atoms with Gasteiger partial charge in [-0.15, -0.1) is 0 Å². The first-order chi connectivity index (χ1) is 7.22. The topological polar surface area (TPSA) is 3.24 Å². The zero-order valence-corrected chi connectivity index (χ0v) is 11.5. The van der Waals surface area contributed by atoms with Gasteiger partial charge in [0.2, 0.25) is 0 Å². The molecule has 0 aromatic heterocycles. The normalized spacial score (nSPS) is 13.3. The summed E-state index contributed by atoms with van der Waals surface area (Å²) >= 11 is 0. The van der Waals surface area contributed by atoms with E-state index in [0.717, 1.165) is 12.8 Å². The van der Waals surface area contributed by atoms with Gasteiger partial charge in [0.15, 0.2) is 0 Å². The molecule has 1 unspecified atom stereocenters. The van der Waals surface area contributed by atoms with Crippen molar-refractivity contribution < 1.29 is 0 Å². The second-order valence-electron chi connectivity index (χ2n) is 3.53. The predicted octanol–water partition coefficient (Wildman–Crippen LogP) is 4.27. The maximum absolute atomic E-state index is 2.29. The van der Waals surface area contributed by atoms with E-state index < -0.39 is 0 Å². The minimum Gasteiger partial charge on any atom is -0.306 e. The van der Waals surface area contributed by atoms with E-state index in [1.165, 1.54) is 6.42 Å². The zero-order valence-electron chi connectivity index (χ0n) is 11.5. The van der Waals surface area contributed by atoms with Crippen molar-refractivity contribution in [3.63, 3.8) is 0 Å². The maximum atomic E-state index is 2.29. The number of rotatable bonds is 6. The summed E-state index contributed by atoms with van der Waals surface area (Å²) in [5, 5.41) is 0. The molecule has 0 aromatic rings. The Morgan fingerprint density at radius 3 is 1.93 bits per heavy atom. The van der Waals surface area contributed by atoms with E-state index in [4.69, 9.17) is 0 Å². The minimum atomic E-state index is 0.686. The van der Waals surface area contributed by atoms with Gasteiger partial charge in [-0.2, -0.15) is 0 Å². The summed E-state index contributed by atoms with van der Waals surface area (Å²) in [4.78, 5) is 2.29. The first-order valence-corrected chi connectivity index (χ1v) is 6.20. The first-order valence-electron chi connectivity index (χ1n) is 6.20. The van der Waals surface area contributed by atoms with E-state index in [1.54, 1.807) is 0 Å². The molecule has 0 saturated carbocycles. The Bertz CT molecular complexity index is 157. The van der Waals surface area contributed by atoms with E-state index in [1.807, 2.05) is 13.8 Å². The lowest BCUT2D eigenvalue weighted by Crippen LogP contribution is -2.26. The van der Waals surface area contributed by atoms with Crippen molar-refractivity contribution in [3.8, 4) is 0 Å². The largest absolute Gasteiger partial charge is 0.306 e. The third-order valence-corrected chi connectivity index (χ3v) is 2.23. The highest BCUT2D eigenvalue weighted by Gasteiger charge is 2.04. The fourth-order valence-corrected chi connectivity index (χ4v) is 1.27. The summed E-state index contributed by atoms with van der Waals surface area (Å²) in [6.45, 7) is 8.39. The van der Waals surface area contributed by atoms with Crippen molar-refractivity contribution in [2.75, 3.05) is 14.1 Å². The van der Waals surface area contributed by atoms with Gasteiger partial charge in [0, 0.05) is 6.04 Å². The fraction of sp³-hybridized carbons (Fsp3) is 0.714. The molecule has 0 radical (unpaired) electrons. The van der Waals surface area contributed by atoms with E-state index in [2.05, 4.69) is 57.1 Å². The number of nitrogens with zero attached hydrogens (tertiary/aromatic N) is 1. The molecule has 0 bridgehead atoms. The average molecular weight is 211 g/mol. The highest BCUT2D eigenvalue weighted by atomic mass is 15.1. The Labute approximate surface area is 96.9 Å². The van der Waals surface area contributed by atoms with Crippen LogP contribution in [0.4, 0.5) is 0 Å². The van der Waals surface area contributed by atoms with Crippen LogP contribution in [0.2, 0.25) is 0 Å². The van der Waals surface area contributed by atoms with Gasteiger partial charge in [-0.3, -0.25) is 0 Å². The first kappa shape index (κ1) is 16.9. The average Bonchev–Trinajstić information content (AvgIpc) is 2.26. The molecular weight excluding hydrogens is 182 g/mol. The summed E-state index contributed by atoms with van der Waals surface area (Å²) in [6, 6.07) is 0.686. The third-order valence-electron chi connectivity index (χ3n) is 2.23. The smallest absolute Gasteiger partial charge is 0.0121 e. The quantitative estimate of drug-likeness (QED) is 0.593. The van der Waals surface area contributed by atoms with Crippen LogP contribution in [0.3, 0.4) is 0 Å². The number of allylic oxidation sites excluding steroid dienone is 3. The lowest BCUT2D eigenvalue weighted by atomic mass is 10.1. The SMILES string of the molecule is CC.CC/C=C\C=C/CC(CC)N(C)C. The van der Waals surface area contributed by atoms with Gasteiger partial charge in [-0.05, 0) is 33.4 Å². The van der Waals surface area contributed by atoms with Crippen molar-refractivity contribution in [1.82, 2.24) is 4.90 Å². The van der Waals surface area contributed by atoms with Crippen molar-refractivity contribution in [2.45, 2.75) is 53.0 Å². The second-order valence-corrected chi connectivity index (χ2v) is 3.53. The second kappa shape index (κ2) is 13.4. The van der Waals surface area contributed by atoms with Crippen LogP contribution in [-0.4, -0.2) is 25.0 Å². The van der Waals surface area contributed by atoms with E-state index in [9.17, 15) is 0 Å². The zero-order chi connectivity index (χ0) is 12.1. The van der Waals surface area contributed by atoms with Gasteiger partial charge in [-0.1, -0.05) is 52.0 Å². The van der Waals surface area contributed by atoms with Crippen LogP contribution in [-0.2, 0) is 0 Å². The predicted molar refractivity (Wildman–Crippen MR) is 72.3 cm³/mol. The maximum Gasteiger partial charge on any atom is 0.0121 e. The van der Waals surface area contributed by atoms with Crippen LogP contribution >= 0.6 is 0 Å². The van der Waals surface area contributed by atoms with Crippen molar-refractivity contribution >= 4 is 0 Å². The summed E-state index contributed by atoms with van der Waals surface area (Å²) in [5.74, 6) is 0. The molecule has 0 fully saturated rings. The molecule has 0 amide bonds. The molecule has 0 heterocycles. The summed E-state index contributed by atoms with van der Waals surface area (Å²) in [7, 11) is 4.29. The molecule has 1 nitrogen and oxygen atoms in total. The van der Waals surface area contributed by atoms with Crippen LogP contribution < -0.4 is 0 Å². The molecule has 0 N–H and O–H groups in total. The van der Waals surface area contributed by atoms with Crippen molar-refractivity contribution in [3.05, 3.63) is 24.3 Å². The Balaban J connectivity index is 0. The number of hydrogen-bond donors (Lipinski definition) is 0. The van der Waals surface area contributed by atoms with Gasteiger partial charge in [0.25, 0.3) is 0 Å². The van der Waals surface area contributed by atoms with E-state index in [-0.39, 0.29) is 0 Å². The number of hydrogen-bond acceptors (Lipinski definition) is 1. The van der Waals surface area contributed by atoms with Crippen LogP contribution in [0.15, 0.2) is 24.3 Å². The molecular formula is C14H29N. The molecule has 15 heavy (non-hydrogen) atoms. The third kappa shape index (κ3) is 11.4. The van der Waals surface area contributed by atoms with Crippen LogP contribution in [0.1, 0.15) is 47.0 Å².